The summed E-state index contributed by atoms with van der Waals surface area (Å²) in [6.45, 7) is 1.95. The Morgan fingerprint density at radius 2 is 1.67 bits per heavy atom. The average molecular weight is 242 g/mol. The van der Waals surface area contributed by atoms with Crippen LogP contribution in [0.1, 0.15) is 18.4 Å². The number of hydrogen-bond donors (Lipinski definition) is 0. The molecule has 0 bridgehead atoms. The third-order valence-corrected chi connectivity index (χ3v) is 3.59. The molecule has 1 aliphatic rings. The third-order valence-electron chi connectivity index (χ3n) is 3.59. The van der Waals surface area contributed by atoms with E-state index in [1.807, 2.05) is 42.8 Å². The molecule has 0 N–H and O–H groups in total. The minimum atomic E-state index is -0.103. The smallest absolute Gasteiger partial charge is 0.235 e. The molecule has 0 spiro atoms. The molecule has 0 saturated carbocycles. The van der Waals surface area contributed by atoms with E-state index < -0.39 is 0 Å². The molecule has 92 valence electrons. The lowest BCUT2D eigenvalue weighted by atomic mass is 10.2. The Bertz CT molecular complexity index is 615. The van der Waals surface area contributed by atoms with Crippen molar-refractivity contribution in [3.8, 4) is 0 Å². The van der Waals surface area contributed by atoms with Gasteiger partial charge in [-0.25, -0.2) is 4.90 Å². The van der Waals surface area contributed by atoms with Crippen molar-refractivity contribution in [3.63, 3.8) is 0 Å². The van der Waals surface area contributed by atoms with E-state index in [0.717, 1.165) is 16.5 Å². The van der Waals surface area contributed by atoms with Crippen LogP contribution in [0, 0.1) is 6.92 Å². The van der Waals surface area contributed by atoms with Gasteiger partial charge in [-0.05, 0) is 18.6 Å². The van der Waals surface area contributed by atoms with Gasteiger partial charge in [-0.2, -0.15) is 0 Å². The van der Waals surface area contributed by atoms with Gasteiger partial charge in [0, 0.05) is 30.8 Å². The average Bonchev–Trinajstić information content (AvgIpc) is 2.81. The predicted octanol–water partition coefficient (Wildman–Crippen LogP) is 2.14. The molecule has 4 heteroatoms. The number of nitrogens with zero attached hydrogens (tertiary/aromatic N) is 2. The zero-order chi connectivity index (χ0) is 12.9. The Hall–Kier alpha value is -2.10. The zero-order valence-corrected chi connectivity index (χ0v) is 10.4. The molecule has 1 fully saturated rings. The summed E-state index contributed by atoms with van der Waals surface area (Å²) in [6.07, 6.45) is 0.638. The molecule has 1 aromatic heterocycles. The number of hydrogen-bond acceptors (Lipinski definition) is 2. The van der Waals surface area contributed by atoms with Crippen molar-refractivity contribution < 1.29 is 9.59 Å². The Labute approximate surface area is 105 Å². The molecule has 1 aliphatic heterocycles. The van der Waals surface area contributed by atoms with Crippen molar-refractivity contribution in [2.75, 3.05) is 4.90 Å². The van der Waals surface area contributed by atoms with Crippen LogP contribution in [0.5, 0.6) is 0 Å². The molecule has 0 aliphatic carbocycles. The van der Waals surface area contributed by atoms with Gasteiger partial charge >= 0.3 is 0 Å². The number of aromatic nitrogens is 1. The van der Waals surface area contributed by atoms with E-state index in [1.54, 1.807) is 0 Å². The van der Waals surface area contributed by atoms with Crippen molar-refractivity contribution in [2.24, 2.45) is 7.05 Å². The summed E-state index contributed by atoms with van der Waals surface area (Å²) in [5.74, 6) is 0.506. The van der Waals surface area contributed by atoms with E-state index in [1.165, 1.54) is 4.90 Å². The number of amides is 2. The number of imide groups is 1. The predicted molar refractivity (Wildman–Crippen MR) is 69.4 cm³/mol. The highest BCUT2D eigenvalue weighted by atomic mass is 16.2. The fraction of sp³-hybridized carbons (Fsp3) is 0.286. The summed E-state index contributed by atoms with van der Waals surface area (Å²) >= 11 is 0. The van der Waals surface area contributed by atoms with Crippen LogP contribution in [0.3, 0.4) is 0 Å². The third kappa shape index (κ3) is 1.32. The van der Waals surface area contributed by atoms with Crippen molar-refractivity contribution in [2.45, 2.75) is 19.8 Å². The van der Waals surface area contributed by atoms with Gasteiger partial charge in [0.1, 0.15) is 5.82 Å². The summed E-state index contributed by atoms with van der Waals surface area (Å²) in [4.78, 5) is 25.0. The highest BCUT2D eigenvalue weighted by molar-refractivity contribution is 6.20. The van der Waals surface area contributed by atoms with E-state index >= 15 is 0 Å². The van der Waals surface area contributed by atoms with E-state index in [2.05, 4.69) is 0 Å². The molecule has 0 unspecified atom stereocenters. The number of anilines is 1. The van der Waals surface area contributed by atoms with Crippen molar-refractivity contribution >= 4 is 28.5 Å². The second-order valence-electron chi connectivity index (χ2n) is 4.65. The molecule has 0 radical (unpaired) electrons. The second kappa shape index (κ2) is 3.70. The number of carbonyl (C=O) groups is 2. The van der Waals surface area contributed by atoms with E-state index in [0.29, 0.717) is 18.7 Å². The highest BCUT2D eigenvalue weighted by Crippen LogP contribution is 2.33. The summed E-state index contributed by atoms with van der Waals surface area (Å²) < 4.78 is 1.92. The molecule has 4 nitrogen and oxygen atoms in total. The van der Waals surface area contributed by atoms with E-state index in [-0.39, 0.29) is 11.8 Å². The van der Waals surface area contributed by atoms with Gasteiger partial charge in [-0.3, -0.25) is 9.59 Å². The zero-order valence-electron chi connectivity index (χ0n) is 10.4. The minimum absolute atomic E-state index is 0.103. The van der Waals surface area contributed by atoms with Gasteiger partial charge in [0.25, 0.3) is 0 Å². The number of fused-ring (bicyclic) bond motifs is 1. The molecule has 1 aromatic carbocycles. The first-order chi connectivity index (χ1) is 8.61. The van der Waals surface area contributed by atoms with E-state index in [4.69, 9.17) is 0 Å². The monoisotopic (exact) mass is 242 g/mol. The maximum absolute atomic E-state index is 11.9. The lowest BCUT2D eigenvalue weighted by Gasteiger charge is -2.16. The van der Waals surface area contributed by atoms with Gasteiger partial charge in [0.2, 0.25) is 11.8 Å². The summed E-state index contributed by atoms with van der Waals surface area (Å²) in [7, 11) is 1.89. The van der Waals surface area contributed by atoms with Gasteiger partial charge in [0.05, 0.1) is 0 Å². The van der Waals surface area contributed by atoms with Crippen LogP contribution in [-0.4, -0.2) is 16.4 Å². The lowest BCUT2D eigenvalue weighted by molar-refractivity contribution is -0.121. The van der Waals surface area contributed by atoms with Crippen molar-refractivity contribution in [3.05, 3.63) is 29.8 Å². The minimum Gasteiger partial charge on any atom is -0.330 e. The summed E-state index contributed by atoms with van der Waals surface area (Å²) in [5, 5.41) is 1.09. The fourth-order valence-electron chi connectivity index (χ4n) is 2.70. The summed E-state index contributed by atoms with van der Waals surface area (Å²) in [6, 6.07) is 7.93. The van der Waals surface area contributed by atoms with Crippen molar-refractivity contribution in [1.29, 1.82) is 0 Å². The van der Waals surface area contributed by atoms with Gasteiger partial charge in [-0.1, -0.05) is 18.2 Å². The van der Waals surface area contributed by atoms with Crippen molar-refractivity contribution in [1.82, 2.24) is 4.57 Å². The first kappa shape index (κ1) is 11.0. The Balaban J connectivity index is 2.29. The van der Waals surface area contributed by atoms with Crippen LogP contribution >= 0.6 is 0 Å². The van der Waals surface area contributed by atoms with Crippen LogP contribution in [0.25, 0.3) is 10.9 Å². The Morgan fingerprint density at radius 1 is 1.06 bits per heavy atom. The Morgan fingerprint density at radius 3 is 2.28 bits per heavy atom. The van der Waals surface area contributed by atoms with Crippen LogP contribution in [-0.2, 0) is 16.6 Å². The first-order valence-corrected chi connectivity index (χ1v) is 6.01. The number of aryl methyl sites for hydroxylation is 2. The molecule has 1 saturated heterocycles. The lowest BCUT2D eigenvalue weighted by Crippen LogP contribution is -2.30. The topological polar surface area (TPSA) is 42.3 Å². The van der Waals surface area contributed by atoms with Gasteiger partial charge in [0.15, 0.2) is 0 Å². The first-order valence-electron chi connectivity index (χ1n) is 6.01. The largest absolute Gasteiger partial charge is 0.330 e. The maximum atomic E-state index is 11.9. The highest BCUT2D eigenvalue weighted by Gasteiger charge is 2.33. The van der Waals surface area contributed by atoms with Gasteiger partial charge < -0.3 is 4.57 Å². The summed E-state index contributed by atoms with van der Waals surface area (Å²) in [5.41, 5.74) is 2.02. The van der Waals surface area contributed by atoms with Gasteiger partial charge in [-0.15, -0.1) is 0 Å². The number of carbonyl (C=O) groups excluding carboxylic acids is 2. The second-order valence-corrected chi connectivity index (χ2v) is 4.65. The molecular weight excluding hydrogens is 228 g/mol. The van der Waals surface area contributed by atoms with Crippen LogP contribution in [0.4, 0.5) is 5.82 Å². The van der Waals surface area contributed by atoms with E-state index in [9.17, 15) is 9.59 Å². The van der Waals surface area contributed by atoms with Crippen LogP contribution < -0.4 is 4.90 Å². The number of rotatable bonds is 1. The SMILES string of the molecule is Cc1c(N2C(=O)CCC2=O)n(C)c2ccccc12. The molecule has 3 rings (SSSR count). The fourth-order valence-corrected chi connectivity index (χ4v) is 2.70. The Kier molecular flexibility index (Phi) is 2.26. The molecular formula is C14H14N2O2. The molecule has 2 aromatic rings. The number of benzene rings is 1. The molecule has 0 atom stereocenters. The number of para-hydroxylation sites is 1. The quantitative estimate of drug-likeness (QED) is 0.719. The molecule has 2 heterocycles. The molecule has 2 amide bonds. The molecule has 18 heavy (non-hydrogen) atoms. The van der Waals surface area contributed by atoms with Crippen LogP contribution in [0.15, 0.2) is 24.3 Å². The maximum Gasteiger partial charge on any atom is 0.235 e. The van der Waals surface area contributed by atoms with Crippen LogP contribution in [0.2, 0.25) is 0 Å². The standard InChI is InChI=1S/C14H14N2O2/c1-9-10-5-3-4-6-11(10)15(2)14(9)16-12(17)7-8-13(16)18/h3-6H,7-8H2,1-2H3. The normalized spacial score (nSPS) is 16.0.